The van der Waals surface area contributed by atoms with Gasteiger partial charge in [-0.2, -0.15) is 0 Å². The average Bonchev–Trinajstić information content (AvgIpc) is 3.00. The molecular formula is C18H25NO5. The van der Waals surface area contributed by atoms with Gasteiger partial charge < -0.3 is 24.2 Å². The Morgan fingerprint density at radius 2 is 2.08 bits per heavy atom. The van der Waals surface area contributed by atoms with Crippen LogP contribution in [-0.2, 0) is 4.74 Å². The number of hydrogen-bond acceptors (Lipinski definition) is 5. The van der Waals surface area contributed by atoms with Gasteiger partial charge in [0.25, 0.3) is 0 Å². The molecule has 0 spiro atoms. The van der Waals surface area contributed by atoms with Crippen molar-refractivity contribution < 1.29 is 24.1 Å². The Bertz CT molecular complexity index is 610. The predicted octanol–water partition coefficient (Wildman–Crippen LogP) is 3.10. The quantitative estimate of drug-likeness (QED) is 0.899. The Balaban J connectivity index is 1.67. The Morgan fingerprint density at radius 3 is 2.83 bits per heavy atom. The highest BCUT2D eigenvalue weighted by Gasteiger charge is 2.32. The van der Waals surface area contributed by atoms with Crippen LogP contribution < -0.4 is 9.47 Å². The summed E-state index contributed by atoms with van der Waals surface area (Å²) in [6, 6.07) is 5.49. The third kappa shape index (κ3) is 3.75. The Morgan fingerprint density at radius 1 is 1.33 bits per heavy atom. The van der Waals surface area contributed by atoms with Crippen molar-refractivity contribution in [1.29, 1.82) is 0 Å². The van der Waals surface area contributed by atoms with Crippen LogP contribution in [0.15, 0.2) is 18.2 Å². The van der Waals surface area contributed by atoms with Gasteiger partial charge in [0.05, 0.1) is 6.10 Å². The minimum atomic E-state index is -0.648. The third-order valence-corrected chi connectivity index (χ3v) is 4.29. The second kappa shape index (κ2) is 6.51. The zero-order valence-electron chi connectivity index (χ0n) is 14.4. The van der Waals surface area contributed by atoms with Gasteiger partial charge in [0.1, 0.15) is 5.60 Å². The molecule has 1 N–H and O–H groups in total. The molecule has 3 rings (SSSR count). The number of piperidine rings is 1. The lowest BCUT2D eigenvalue weighted by molar-refractivity contribution is 0.00236. The number of ether oxygens (including phenoxy) is 3. The monoisotopic (exact) mass is 335 g/mol. The number of fused-ring (bicyclic) bond motifs is 1. The van der Waals surface area contributed by atoms with Gasteiger partial charge in [0, 0.05) is 19.0 Å². The Kier molecular flexibility index (Phi) is 4.58. The smallest absolute Gasteiger partial charge is 0.410 e. The first kappa shape index (κ1) is 16.9. The molecule has 132 valence electrons. The molecule has 6 nitrogen and oxygen atoms in total. The number of aliphatic hydroxyl groups excluding tert-OH is 1. The van der Waals surface area contributed by atoms with Crippen LogP contribution in [0.2, 0.25) is 0 Å². The fourth-order valence-electron chi connectivity index (χ4n) is 3.13. The SMILES string of the molecule is CC(C)(C)OC(=O)N1CCC[C@H]([C@H](O)c2ccc3c(c2)OCO3)C1. The first-order valence-electron chi connectivity index (χ1n) is 8.39. The number of carbonyl (C=O) groups is 1. The van der Waals surface area contributed by atoms with Gasteiger partial charge >= 0.3 is 6.09 Å². The van der Waals surface area contributed by atoms with Crippen molar-refractivity contribution in [2.45, 2.75) is 45.3 Å². The summed E-state index contributed by atoms with van der Waals surface area (Å²) < 4.78 is 16.1. The molecule has 0 aliphatic carbocycles. The first-order valence-corrected chi connectivity index (χ1v) is 8.39. The molecule has 0 saturated carbocycles. The van der Waals surface area contributed by atoms with Crippen molar-refractivity contribution in [2.24, 2.45) is 5.92 Å². The summed E-state index contributed by atoms with van der Waals surface area (Å²) in [5.74, 6) is 1.34. The van der Waals surface area contributed by atoms with Crippen LogP contribution in [0.5, 0.6) is 11.5 Å². The van der Waals surface area contributed by atoms with Crippen molar-refractivity contribution in [1.82, 2.24) is 4.90 Å². The van der Waals surface area contributed by atoms with Crippen molar-refractivity contribution in [3.05, 3.63) is 23.8 Å². The lowest BCUT2D eigenvalue weighted by Crippen LogP contribution is -2.44. The van der Waals surface area contributed by atoms with Crippen molar-refractivity contribution in [2.75, 3.05) is 19.9 Å². The lowest BCUT2D eigenvalue weighted by Gasteiger charge is -2.36. The number of nitrogens with zero attached hydrogens (tertiary/aromatic N) is 1. The van der Waals surface area contributed by atoms with E-state index in [-0.39, 0.29) is 18.8 Å². The fraction of sp³-hybridized carbons (Fsp3) is 0.611. The minimum absolute atomic E-state index is 0.0216. The normalized spacial score (nSPS) is 21.5. The zero-order chi connectivity index (χ0) is 17.3. The van der Waals surface area contributed by atoms with E-state index in [0.717, 1.165) is 18.4 Å². The highest BCUT2D eigenvalue weighted by atomic mass is 16.7. The number of aliphatic hydroxyl groups is 1. The van der Waals surface area contributed by atoms with Crippen molar-refractivity contribution in [3.63, 3.8) is 0 Å². The summed E-state index contributed by atoms with van der Waals surface area (Å²) in [5.41, 5.74) is 0.273. The summed E-state index contributed by atoms with van der Waals surface area (Å²) >= 11 is 0. The predicted molar refractivity (Wildman–Crippen MR) is 88.1 cm³/mol. The van der Waals surface area contributed by atoms with Crippen LogP contribution in [0, 0.1) is 5.92 Å². The second-order valence-corrected chi connectivity index (χ2v) is 7.39. The molecule has 1 saturated heterocycles. The number of rotatable bonds is 2. The molecule has 2 aliphatic rings. The highest BCUT2D eigenvalue weighted by Crippen LogP contribution is 2.37. The van der Waals surface area contributed by atoms with E-state index < -0.39 is 11.7 Å². The highest BCUT2D eigenvalue weighted by molar-refractivity contribution is 5.68. The van der Waals surface area contributed by atoms with Gasteiger partial charge in [0.2, 0.25) is 6.79 Å². The number of amides is 1. The average molecular weight is 335 g/mol. The van der Waals surface area contributed by atoms with E-state index in [1.165, 1.54) is 0 Å². The lowest BCUT2D eigenvalue weighted by atomic mass is 9.88. The van der Waals surface area contributed by atoms with Crippen LogP contribution in [0.3, 0.4) is 0 Å². The molecule has 24 heavy (non-hydrogen) atoms. The van der Waals surface area contributed by atoms with Gasteiger partial charge in [0.15, 0.2) is 11.5 Å². The summed E-state index contributed by atoms with van der Waals surface area (Å²) in [5, 5.41) is 10.7. The molecule has 2 heterocycles. The van der Waals surface area contributed by atoms with E-state index in [2.05, 4.69) is 0 Å². The largest absolute Gasteiger partial charge is 0.454 e. The maximum atomic E-state index is 12.3. The van der Waals surface area contributed by atoms with E-state index >= 15 is 0 Å². The maximum Gasteiger partial charge on any atom is 0.410 e. The van der Waals surface area contributed by atoms with Crippen molar-refractivity contribution in [3.8, 4) is 11.5 Å². The molecule has 6 heteroatoms. The van der Waals surface area contributed by atoms with Crippen LogP contribution in [-0.4, -0.2) is 41.6 Å². The molecule has 0 unspecified atom stereocenters. The summed E-state index contributed by atoms with van der Waals surface area (Å²) in [4.78, 5) is 13.9. The standard InChI is InChI=1S/C18H25NO5/c1-18(2,3)24-17(21)19-8-4-5-13(10-19)16(20)12-6-7-14-15(9-12)23-11-22-14/h6-7,9,13,16,20H,4-5,8,10-11H2,1-3H3/t13-,16+/m0/s1. The van der Waals surface area contributed by atoms with E-state index in [1.54, 1.807) is 4.90 Å². The molecule has 1 aromatic carbocycles. The molecule has 0 radical (unpaired) electrons. The summed E-state index contributed by atoms with van der Waals surface area (Å²) in [7, 11) is 0. The zero-order valence-corrected chi connectivity index (χ0v) is 14.4. The van der Waals surface area contributed by atoms with Gasteiger partial charge in [-0.3, -0.25) is 0 Å². The number of benzene rings is 1. The van der Waals surface area contributed by atoms with Crippen LogP contribution >= 0.6 is 0 Å². The third-order valence-electron chi connectivity index (χ3n) is 4.29. The molecule has 0 aromatic heterocycles. The van der Waals surface area contributed by atoms with E-state index in [1.807, 2.05) is 39.0 Å². The summed E-state index contributed by atoms with van der Waals surface area (Å²) in [6.07, 6.45) is 0.760. The fourth-order valence-corrected chi connectivity index (χ4v) is 3.13. The van der Waals surface area contributed by atoms with E-state index in [0.29, 0.717) is 24.6 Å². The van der Waals surface area contributed by atoms with Crippen molar-refractivity contribution >= 4 is 6.09 Å². The Labute approximate surface area is 142 Å². The summed E-state index contributed by atoms with van der Waals surface area (Å²) in [6.45, 7) is 6.93. The number of likely N-dealkylation sites (tertiary alicyclic amines) is 1. The molecule has 1 aromatic rings. The van der Waals surface area contributed by atoms with Crippen LogP contribution in [0.1, 0.15) is 45.3 Å². The molecule has 1 amide bonds. The molecule has 0 bridgehead atoms. The van der Waals surface area contributed by atoms with Gasteiger partial charge in [-0.05, 0) is 51.3 Å². The molecule has 2 aliphatic heterocycles. The van der Waals surface area contributed by atoms with Gasteiger partial charge in [-0.15, -0.1) is 0 Å². The van der Waals surface area contributed by atoms with Crippen LogP contribution in [0.4, 0.5) is 4.79 Å². The minimum Gasteiger partial charge on any atom is -0.454 e. The number of carbonyl (C=O) groups excluding carboxylic acids is 1. The second-order valence-electron chi connectivity index (χ2n) is 7.39. The topological polar surface area (TPSA) is 68.2 Å². The molecule has 1 fully saturated rings. The van der Waals surface area contributed by atoms with Crippen LogP contribution in [0.25, 0.3) is 0 Å². The first-order chi connectivity index (χ1) is 11.3. The molecular weight excluding hydrogens is 310 g/mol. The Hall–Kier alpha value is -1.95. The van der Waals surface area contributed by atoms with Gasteiger partial charge in [-0.1, -0.05) is 6.07 Å². The number of hydrogen-bond donors (Lipinski definition) is 1. The van der Waals surface area contributed by atoms with Gasteiger partial charge in [-0.25, -0.2) is 4.79 Å². The van der Waals surface area contributed by atoms with E-state index in [4.69, 9.17) is 14.2 Å². The van der Waals surface area contributed by atoms with E-state index in [9.17, 15) is 9.90 Å². The molecule has 2 atom stereocenters. The maximum absolute atomic E-state index is 12.3.